The van der Waals surface area contributed by atoms with Gasteiger partial charge in [-0.05, 0) is 83.6 Å². The molecular formula is C38H35N. The van der Waals surface area contributed by atoms with Gasteiger partial charge in [-0.25, -0.2) is 0 Å². The Bertz CT molecular complexity index is 1510. The normalized spacial score (nSPS) is 11.8. The van der Waals surface area contributed by atoms with E-state index in [0.717, 1.165) is 39.3 Å². The Balaban J connectivity index is 1.76. The van der Waals surface area contributed by atoms with Crippen molar-refractivity contribution in [3.63, 3.8) is 0 Å². The van der Waals surface area contributed by atoms with E-state index in [1.165, 1.54) is 16.7 Å². The molecule has 0 radical (unpaired) electrons. The molecule has 0 atom stereocenters. The minimum Gasteiger partial charge on any atom is -0.311 e. The fraction of sp³-hybridized carbons (Fsp3) is 0.0526. The summed E-state index contributed by atoms with van der Waals surface area (Å²) in [6.07, 6.45) is 13.6. The van der Waals surface area contributed by atoms with E-state index in [-0.39, 0.29) is 0 Å². The zero-order chi connectivity index (χ0) is 27.6. The van der Waals surface area contributed by atoms with Gasteiger partial charge in [-0.3, -0.25) is 0 Å². The fourth-order valence-corrected chi connectivity index (χ4v) is 4.57. The summed E-state index contributed by atoms with van der Waals surface area (Å²) in [5.41, 5.74) is 11.3. The van der Waals surface area contributed by atoms with Crippen molar-refractivity contribution in [1.82, 2.24) is 0 Å². The fourth-order valence-electron chi connectivity index (χ4n) is 4.57. The first-order valence-corrected chi connectivity index (χ1v) is 13.2. The summed E-state index contributed by atoms with van der Waals surface area (Å²) in [7, 11) is 0. The van der Waals surface area contributed by atoms with Crippen LogP contribution in [0, 0.1) is 6.92 Å². The van der Waals surface area contributed by atoms with Crippen LogP contribution >= 0.6 is 0 Å². The SMILES string of the molecule is C=C/C=C(\C=C)c1ccc(N(c2ccc(C(/C=C\C)=C/C=C)cc2)c2ccc(-c3ccc(C)cc3)cc2)cc1. The lowest BCUT2D eigenvalue weighted by Crippen LogP contribution is -2.10. The van der Waals surface area contributed by atoms with Crippen LogP contribution in [0.5, 0.6) is 0 Å². The van der Waals surface area contributed by atoms with Crippen molar-refractivity contribution >= 4 is 28.2 Å². The van der Waals surface area contributed by atoms with Crippen molar-refractivity contribution in [3.8, 4) is 11.1 Å². The second-order valence-corrected chi connectivity index (χ2v) is 9.26. The highest BCUT2D eigenvalue weighted by atomic mass is 15.1. The molecule has 0 aliphatic rings. The molecule has 39 heavy (non-hydrogen) atoms. The van der Waals surface area contributed by atoms with Crippen LogP contribution in [0.3, 0.4) is 0 Å². The van der Waals surface area contributed by atoms with Gasteiger partial charge in [0.15, 0.2) is 0 Å². The average Bonchev–Trinajstić information content (AvgIpc) is 2.98. The Morgan fingerprint density at radius 1 is 0.564 bits per heavy atom. The maximum Gasteiger partial charge on any atom is 0.0462 e. The lowest BCUT2D eigenvalue weighted by atomic mass is 10.0. The van der Waals surface area contributed by atoms with Crippen molar-refractivity contribution < 1.29 is 0 Å². The molecule has 4 rings (SSSR count). The molecule has 0 aliphatic carbocycles. The van der Waals surface area contributed by atoms with Gasteiger partial charge in [0.05, 0.1) is 0 Å². The van der Waals surface area contributed by atoms with E-state index in [1.54, 1.807) is 6.08 Å². The minimum absolute atomic E-state index is 1.04. The van der Waals surface area contributed by atoms with Gasteiger partial charge in [0, 0.05) is 17.1 Å². The standard InChI is InChI=1S/C38H35N/c1-6-10-30(9-4)32-17-23-36(24-18-32)39(37-25-19-34(20-26-37)31(11-7-2)12-8-3)38-27-21-35(22-28-38)33-15-13-29(5)14-16-33/h6-28H,1-2,4H2,3,5H3/b12-8-,30-10+,31-11+. The van der Waals surface area contributed by atoms with Crippen LogP contribution in [-0.4, -0.2) is 0 Å². The smallest absolute Gasteiger partial charge is 0.0462 e. The molecule has 0 aliphatic heterocycles. The first-order valence-electron chi connectivity index (χ1n) is 13.2. The second-order valence-electron chi connectivity index (χ2n) is 9.26. The molecule has 0 amide bonds. The Hall–Kier alpha value is -4.88. The van der Waals surface area contributed by atoms with Crippen molar-refractivity contribution in [2.45, 2.75) is 13.8 Å². The quantitative estimate of drug-likeness (QED) is 0.194. The van der Waals surface area contributed by atoms with Crippen molar-refractivity contribution in [2.24, 2.45) is 0 Å². The van der Waals surface area contributed by atoms with E-state index in [0.29, 0.717) is 0 Å². The van der Waals surface area contributed by atoms with E-state index in [2.05, 4.69) is 135 Å². The van der Waals surface area contributed by atoms with E-state index >= 15 is 0 Å². The number of benzene rings is 4. The van der Waals surface area contributed by atoms with E-state index in [9.17, 15) is 0 Å². The summed E-state index contributed by atoms with van der Waals surface area (Å²) in [4.78, 5) is 2.28. The van der Waals surface area contributed by atoms with Crippen LogP contribution in [0.25, 0.3) is 22.3 Å². The molecule has 0 N–H and O–H groups in total. The lowest BCUT2D eigenvalue weighted by molar-refractivity contribution is 1.28. The molecule has 0 fully saturated rings. The molecule has 0 aromatic heterocycles. The highest BCUT2D eigenvalue weighted by Crippen LogP contribution is 2.37. The van der Waals surface area contributed by atoms with Crippen LogP contribution in [0.2, 0.25) is 0 Å². The first kappa shape index (κ1) is 27.2. The van der Waals surface area contributed by atoms with Gasteiger partial charge in [0.1, 0.15) is 0 Å². The number of allylic oxidation sites excluding steroid dienone is 9. The average molecular weight is 506 g/mol. The lowest BCUT2D eigenvalue weighted by Gasteiger charge is -2.26. The summed E-state index contributed by atoms with van der Waals surface area (Å²) >= 11 is 0. The van der Waals surface area contributed by atoms with Crippen molar-refractivity contribution in [2.75, 3.05) is 4.90 Å². The van der Waals surface area contributed by atoms with Crippen LogP contribution < -0.4 is 4.90 Å². The number of hydrogen-bond acceptors (Lipinski definition) is 1. The molecule has 1 heteroatoms. The van der Waals surface area contributed by atoms with Gasteiger partial charge in [0.25, 0.3) is 0 Å². The third-order valence-electron chi connectivity index (χ3n) is 6.59. The molecule has 0 spiro atoms. The maximum absolute atomic E-state index is 3.95. The summed E-state index contributed by atoms with van der Waals surface area (Å²) < 4.78 is 0. The van der Waals surface area contributed by atoms with Crippen molar-refractivity contribution in [3.05, 3.63) is 176 Å². The summed E-state index contributed by atoms with van der Waals surface area (Å²) in [5.74, 6) is 0. The Morgan fingerprint density at radius 2 is 0.974 bits per heavy atom. The monoisotopic (exact) mass is 505 g/mol. The molecule has 4 aromatic rings. The van der Waals surface area contributed by atoms with Crippen molar-refractivity contribution in [1.29, 1.82) is 0 Å². The zero-order valence-electron chi connectivity index (χ0n) is 22.8. The van der Waals surface area contributed by atoms with Gasteiger partial charge in [-0.2, -0.15) is 0 Å². The predicted octanol–water partition coefficient (Wildman–Crippen LogP) is 11.0. The van der Waals surface area contributed by atoms with Crippen LogP contribution in [0.4, 0.5) is 17.1 Å². The van der Waals surface area contributed by atoms with Gasteiger partial charge in [0.2, 0.25) is 0 Å². The summed E-state index contributed by atoms with van der Waals surface area (Å²) in [6.45, 7) is 15.8. The van der Waals surface area contributed by atoms with Gasteiger partial charge in [-0.1, -0.05) is 128 Å². The number of anilines is 3. The second kappa shape index (κ2) is 13.1. The Labute approximate surface area is 233 Å². The third kappa shape index (κ3) is 6.52. The molecule has 0 saturated heterocycles. The third-order valence-corrected chi connectivity index (χ3v) is 6.59. The minimum atomic E-state index is 1.04. The van der Waals surface area contributed by atoms with E-state index < -0.39 is 0 Å². The van der Waals surface area contributed by atoms with E-state index in [1.807, 2.05) is 37.3 Å². The molecule has 1 nitrogen and oxygen atoms in total. The summed E-state index contributed by atoms with van der Waals surface area (Å²) in [5, 5.41) is 0. The zero-order valence-corrected chi connectivity index (χ0v) is 22.8. The summed E-state index contributed by atoms with van der Waals surface area (Å²) in [6, 6.07) is 34.6. The largest absolute Gasteiger partial charge is 0.311 e. The Kier molecular flexibility index (Phi) is 9.11. The molecular weight excluding hydrogens is 470 g/mol. The maximum atomic E-state index is 3.95. The molecule has 0 bridgehead atoms. The van der Waals surface area contributed by atoms with Gasteiger partial charge >= 0.3 is 0 Å². The molecule has 4 aromatic carbocycles. The Morgan fingerprint density at radius 3 is 1.41 bits per heavy atom. The molecule has 192 valence electrons. The van der Waals surface area contributed by atoms with Gasteiger partial charge < -0.3 is 4.90 Å². The molecule has 0 heterocycles. The van der Waals surface area contributed by atoms with Gasteiger partial charge in [-0.15, -0.1) is 0 Å². The molecule has 0 saturated carbocycles. The number of rotatable bonds is 10. The van der Waals surface area contributed by atoms with Crippen LogP contribution in [-0.2, 0) is 0 Å². The van der Waals surface area contributed by atoms with Crippen LogP contribution in [0.1, 0.15) is 23.6 Å². The molecule has 0 unspecified atom stereocenters. The van der Waals surface area contributed by atoms with Crippen LogP contribution in [0.15, 0.2) is 159 Å². The first-order chi connectivity index (χ1) is 19.1. The number of nitrogens with zero attached hydrogens (tertiary/aromatic N) is 1. The van der Waals surface area contributed by atoms with E-state index in [4.69, 9.17) is 0 Å². The highest BCUT2D eigenvalue weighted by Gasteiger charge is 2.14. The number of aryl methyl sites for hydroxylation is 1. The predicted molar refractivity (Wildman–Crippen MR) is 173 cm³/mol. The number of hydrogen-bond donors (Lipinski definition) is 0. The topological polar surface area (TPSA) is 3.24 Å². The highest BCUT2D eigenvalue weighted by molar-refractivity contribution is 5.82.